The van der Waals surface area contributed by atoms with Crippen molar-refractivity contribution in [3.05, 3.63) is 35.9 Å². The van der Waals surface area contributed by atoms with E-state index < -0.39 is 5.60 Å². The molecule has 1 aromatic rings. The van der Waals surface area contributed by atoms with Gasteiger partial charge in [-0.2, -0.15) is 0 Å². The zero-order chi connectivity index (χ0) is 18.9. The zero-order valence-corrected chi connectivity index (χ0v) is 16.2. The molecule has 1 aliphatic heterocycles. The van der Waals surface area contributed by atoms with Gasteiger partial charge in [0.25, 0.3) is 0 Å². The van der Waals surface area contributed by atoms with Gasteiger partial charge in [-0.15, -0.1) is 0 Å². The molecule has 1 aromatic carbocycles. The van der Waals surface area contributed by atoms with E-state index in [1.807, 2.05) is 39.0 Å². The molecule has 0 aromatic heterocycles. The summed E-state index contributed by atoms with van der Waals surface area (Å²) in [4.78, 5) is 26.9. The number of Topliss-reactive ketones (excluding diaryl/α,β-unsaturated/α-hetero) is 1. The summed E-state index contributed by atoms with van der Waals surface area (Å²) < 4.78 is 5.50. The van der Waals surface area contributed by atoms with Gasteiger partial charge in [0, 0.05) is 37.9 Å². The number of nitrogens with zero attached hydrogens (tertiary/aromatic N) is 1. The highest BCUT2D eigenvalue weighted by atomic mass is 16.6. The largest absolute Gasteiger partial charge is 0.444 e. The van der Waals surface area contributed by atoms with Crippen molar-refractivity contribution in [2.24, 2.45) is 5.92 Å². The van der Waals surface area contributed by atoms with E-state index in [2.05, 4.69) is 29.3 Å². The first-order chi connectivity index (χ1) is 12.2. The highest BCUT2D eigenvalue weighted by molar-refractivity contribution is 5.81. The molecule has 142 valence electrons. The van der Waals surface area contributed by atoms with Crippen LogP contribution in [0.2, 0.25) is 0 Å². The van der Waals surface area contributed by atoms with Gasteiger partial charge in [-0.05, 0) is 39.7 Å². The number of ether oxygens (including phenoxy) is 1. The average Bonchev–Trinajstić information content (AvgIpc) is 2.91. The predicted octanol–water partition coefficient (Wildman–Crippen LogP) is 3.70. The second kappa shape index (κ2) is 7.03. The van der Waals surface area contributed by atoms with E-state index in [9.17, 15) is 9.59 Å². The summed E-state index contributed by atoms with van der Waals surface area (Å²) in [6, 6.07) is 10.6. The molecule has 1 aliphatic carbocycles. The van der Waals surface area contributed by atoms with Gasteiger partial charge < -0.3 is 10.1 Å². The highest BCUT2D eigenvalue weighted by Crippen LogP contribution is 2.41. The second-order valence-corrected chi connectivity index (χ2v) is 8.74. The molecule has 1 N–H and O–H groups in total. The molecule has 0 bridgehead atoms. The smallest absolute Gasteiger partial charge is 0.408 e. The Morgan fingerprint density at radius 1 is 1.31 bits per heavy atom. The number of alkyl carbamates (subject to hydrolysis) is 1. The van der Waals surface area contributed by atoms with Crippen molar-refractivity contribution in [1.29, 1.82) is 0 Å². The molecule has 5 heteroatoms. The lowest BCUT2D eigenvalue weighted by Gasteiger charge is -2.39. The molecule has 2 fully saturated rings. The minimum atomic E-state index is -0.531. The Morgan fingerprint density at radius 2 is 2.00 bits per heavy atom. The van der Waals surface area contributed by atoms with Gasteiger partial charge in [0.2, 0.25) is 0 Å². The van der Waals surface area contributed by atoms with Crippen LogP contribution >= 0.6 is 0 Å². The SMILES string of the molecule is C[C@H](c1ccccc1)N1C[C@H]2CC(=O)CC[C@@]2(NC(=O)OC(C)(C)C)C1. The van der Waals surface area contributed by atoms with Crippen LogP contribution in [0.1, 0.15) is 58.6 Å². The van der Waals surface area contributed by atoms with E-state index in [-0.39, 0.29) is 23.6 Å². The number of nitrogens with one attached hydrogen (secondary N) is 1. The fraction of sp³-hybridized carbons (Fsp3) is 0.619. The molecule has 5 nitrogen and oxygen atoms in total. The summed E-state index contributed by atoms with van der Waals surface area (Å²) in [5.74, 6) is 0.438. The van der Waals surface area contributed by atoms with E-state index in [0.717, 1.165) is 13.1 Å². The Hall–Kier alpha value is -1.88. The summed E-state index contributed by atoms with van der Waals surface area (Å²) in [5.41, 5.74) is 0.347. The minimum Gasteiger partial charge on any atom is -0.444 e. The number of ketones is 1. The molecule has 1 amide bonds. The maximum absolute atomic E-state index is 12.5. The normalized spacial score (nSPS) is 27.7. The number of carbonyl (C=O) groups excluding carboxylic acids is 2. The first kappa shape index (κ1) is 18.9. The maximum Gasteiger partial charge on any atom is 0.408 e. The van der Waals surface area contributed by atoms with Crippen molar-refractivity contribution in [1.82, 2.24) is 10.2 Å². The van der Waals surface area contributed by atoms with E-state index in [4.69, 9.17) is 4.74 Å². The lowest BCUT2D eigenvalue weighted by atomic mass is 9.74. The van der Waals surface area contributed by atoms with Crippen LogP contribution in [0.15, 0.2) is 30.3 Å². The van der Waals surface area contributed by atoms with Crippen LogP contribution in [0.5, 0.6) is 0 Å². The molecule has 26 heavy (non-hydrogen) atoms. The van der Waals surface area contributed by atoms with E-state index in [1.54, 1.807) is 0 Å². The van der Waals surface area contributed by atoms with Gasteiger partial charge in [0.05, 0.1) is 5.54 Å². The number of likely N-dealkylation sites (tertiary alicyclic amines) is 1. The number of rotatable bonds is 3. The zero-order valence-electron chi connectivity index (χ0n) is 16.2. The predicted molar refractivity (Wildman–Crippen MR) is 101 cm³/mol. The molecular weight excluding hydrogens is 328 g/mol. The maximum atomic E-state index is 12.5. The van der Waals surface area contributed by atoms with Crippen molar-refractivity contribution in [3.63, 3.8) is 0 Å². The van der Waals surface area contributed by atoms with Crippen molar-refractivity contribution in [2.45, 2.75) is 64.1 Å². The van der Waals surface area contributed by atoms with Crippen molar-refractivity contribution in [3.8, 4) is 0 Å². The van der Waals surface area contributed by atoms with Crippen LogP contribution in [0.4, 0.5) is 4.79 Å². The molecule has 3 rings (SSSR count). The van der Waals surface area contributed by atoms with Gasteiger partial charge in [-0.3, -0.25) is 9.69 Å². The van der Waals surface area contributed by atoms with Crippen LogP contribution in [0.3, 0.4) is 0 Å². The number of hydrogen-bond donors (Lipinski definition) is 1. The Kier molecular flexibility index (Phi) is 5.11. The summed E-state index contributed by atoms with van der Waals surface area (Å²) in [7, 11) is 0. The highest BCUT2D eigenvalue weighted by Gasteiger charge is 2.51. The number of benzene rings is 1. The summed E-state index contributed by atoms with van der Waals surface area (Å²) in [6.07, 6.45) is 1.37. The van der Waals surface area contributed by atoms with E-state index >= 15 is 0 Å². The van der Waals surface area contributed by atoms with E-state index in [1.165, 1.54) is 5.56 Å². The first-order valence-electron chi connectivity index (χ1n) is 9.50. The van der Waals surface area contributed by atoms with Gasteiger partial charge in [-0.1, -0.05) is 30.3 Å². The van der Waals surface area contributed by atoms with Crippen molar-refractivity contribution >= 4 is 11.9 Å². The second-order valence-electron chi connectivity index (χ2n) is 8.74. The molecule has 1 saturated heterocycles. The molecule has 0 radical (unpaired) electrons. The van der Waals surface area contributed by atoms with Crippen LogP contribution < -0.4 is 5.32 Å². The monoisotopic (exact) mass is 358 g/mol. The lowest BCUT2D eigenvalue weighted by molar-refractivity contribution is -0.122. The summed E-state index contributed by atoms with van der Waals surface area (Å²) in [6.45, 7) is 9.35. The number of fused-ring (bicyclic) bond motifs is 1. The Bertz CT molecular complexity index is 668. The number of amides is 1. The molecule has 1 saturated carbocycles. The van der Waals surface area contributed by atoms with Crippen LogP contribution in [-0.2, 0) is 9.53 Å². The molecule has 1 heterocycles. The fourth-order valence-corrected chi connectivity index (χ4v) is 4.24. The van der Waals surface area contributed by atoms with Crippen LogP contribution in [-0.4, -0.2) is 41.0 Å². The third-order valence-electron chi connectivity index (χ3n) is 5.63. The molecule has 2 aliphatic rings. The topological polar surface area (TPSA) is 58.6 Å². The van der Waals surface area contributed by atoms with Gasteiger partial charge in [0.15, 0.2) is 0 Å². The van der Waals surface area contributed by atoms with Gasteiger partial charge >= 0.3 is 6.09 Å². The number of hydrogen-bond acceptors (Lipinski definition) is 4. The van der Waals surface area contributed by atoms with E-state index in [0.29, 0.717) is 25.0 Å². The molecule has 0 unspecified atom stereocenters. The molecule has 3 atom stereocenters. The standard InChI is InChI=1S/C21H30N2O3/c1-15(16-8-6-5-7-9-16)23-13-17-12-18(24)10-11-21(17,14-23)22-19(25)26-20(2,3)4/h5-9,15,17H,10-14H2,1-4H3,(H,22,25)/t15-,17-,21-/m1/s1. The third kappa shape index (κ3) is 4.09. The van der Waals surface area contributed by atoms with Crippen molar-refractivity contribution < 1.29 is 14.3 Å². The average molecular weight is 358 g/mol. The first-order valence-corrected chi connectivity index (χ1v) is 9.50. The Morgan fingerprint density at radius 3 is 2.65 bits per heavy atom. The van der Waals surface area contributed by atoms with Crippen molar-refractivity contribution in [2.75, 3.05) is 13.1 Å². The van der Waals surface area contributed by atoms with Gasteiger partial charge in [-0.25, -0.2) is 4.79 Å². The fourth-order valence-electron chi connectivity index (χ4n) is 4.24. The number of carbonyl (C=O) groups is 2. The summed E-state index contributed by atoms with van der Waals surface area (Å²) >= 11 is 0. The summed E-state index contributed by atoms with van der Waals surface area (Å²) in [5, 5.41) is 3.15. The Balaban J connectivity index is 1.78. The Labute approximate surface area is 156 Å². The molecule has 0 spiro atoms. The van der Waals surface area contributed by atoms with Crippen LogP contribution in [0, 0.1) is 5.92 Å². The van der Waals surface area contributed by atoms with Crippen LogP contribution in [0.25, 0.3) is 0 Å². The third-order valence-corrected chi connectivity index (χ3v) is 5.63. The quantitative estimate of drug-likeness (QED) is 0.895. The molecular formula is C21H30N2O3. The minimum absolute atomic E-state index is 0.141. The lowest BCUT2D eigenvalue weighted by Crippen LogP contribution is -2.57. The van der Waals surface area contributed by atoms with Gasteiger partial charge in [0.1, 0.15) is 11.4 Å².